The van der Waals surface area contributed by atoms with E-state index in [9.17, 15) is 0 Å². The maximum atomic E-state index is 5.36. The number of nitrogens with one attached hydrogen (secondary N) is 2. The lowest BCUT2D eigenvalue weighted by molar-refractivity contribution is 0.174. The number of benzene rings is 1. The molecule has 0 radical (unpaired) electrons. The summed E-state index contributed by atoms with van der Waals surface area (Å²) in [5, 5.41) is 7.50. The molecule has 114 valence electrons. The van der Waals surface area contributed by atoms with Crippen LogP contribution in [0, 0.1) is 6.92 Å². The highest BCUT2D eigenvalue weighted by atomic mass is 32.1. The van der Waals surface area contributed by atoms with E-state index in [-0.39, 0.29) is 6.79 Å². The number of thiocarbonyl (C=S) groups is 1. The molecule has 1 aromatic carbocycles. The van der Waals surface area contributed by atoms with Crippen LogP contribution < -0.4 is 20.2 Å². The lowest BCUT2D eigenvalue weighted by atomic mass is 10.2. The first-order valence-electron chi connectivity index (χ1n) is 6.72. The molecule has 0 spiro atoms. The highest BCUT2D eigenvalue weighted by Gasteiger charge is 2.12. The van der Waals surface area contributed by atoms with Gasteiger partial charge in [-0.05, 0) is 49.0 Å². The molecule has 2 heterocycles. The molecular weight excluding hydrogens is 302 g/mol. The van der Waals surface area contributed by atoms with Crippen LogP contribution in [0.3, 0.4) is 0 Å². The number of hydrogen-bond donors (Lipinski definition) is 2. The molecule has 1 aliphatic rings. The number of hydrogen-bond acceptors (Lipinski definition) is 5. The van der Waals surface area contributed by atoms with Gasteiger partial charge in [-0.3, -0.25) is 5.43 Å². The second-order valence-corrected chi connectivity index (χ2v) is 5.10. The van der Waals surface area contributed by atoms with Crippen molar-refractivity contribution in [1.29, 1.82) is 0 Å². The van der Waals surface area contributed by atoms with Crippen LogP contribution in [0.4, 0.5) is 0 Å². The smallest absolute Gasteiger partial charge is 0.231 e. The molecule has 0 unspecified atom stereocenters. The first kappa shape index (κ1) is 14.4. The molecule has 7 heteroatoms. The van der Waals surface area contributed by atoms with Gasteiger partial charge in [-0.15, -0.1) is 0 Å². The van der Waals surface area contributed by atoms with Gasteiger partial charge in [0.2, 0.25) is 6.79 Å². The minimum atomic E-state index is 0.271. The summed E-state index contributed by atoms with van der Waals surface area (Å²) in [4.78, 5) is 0. The van der Waals surface area contributed by atoms with Gasteiger partial charge < -0.3 is 19.2 Å². The standard InChI is InChI=1S/C15H15N3O3S/c1-10-2-4-12(21-10)8-17-18-15(22)16-7-11-3-5-13-14(6-11)20-9-19-13/h2-6,8H,7,9H2,1H3,(H2,16,18,22)/b17-8-. The minimum Gasteiger partial charge on any atom is -0.460 e. The van der Waals surface area contributed by atoms with Crippen molar-refractivity contribution in [1.82, 2.24) is 10.7 Å². The molecule has 0 amide bonds. The Balaban J connectivity index is 1.47. The van der Waals surface area contributed by atoms with E-state index in [4.69, 9.17) is 26.1 Å². The van der Waals surface area contributed by atoms with E-state index in [0.717, 1.165) is 22.8 Å². The molecule has 1 aliphatic heterocycles. The second kappa shape index (κ2) is 6.48. The van der Waals surface area contributed by atoms with Gasteiger partial charge in [-0.25, -0.2) is 0 Å². The fourth-order valence-corrected chi connectivity index (χ4v) is 2.07. The van der Waals surface area contributed by atoms with E-state index in [2.05, 4.69) is 15.8 Å². The molecule has 0 fully saturated rings. The lowest BCUT2D eigenvalue weighted by Gasteiger charge is -2.07. The summed E-state index contributed by atoms with van der Waals surface area (Å²) in [7, 11) is 0. The number of fused-ring (bicyclic) bond motifs is 1. The fraction of sp³-hybridized carbons (Fsp3) is 0.200. The summed E-state index contributed by atoms with van der Waals surface area (Å²) < 4.78 is 16.0. The summed E-state index contributed by atoms with van der Waals surface area (Å²) >= 11 is 5.15. The highest BCUT2D eigenvalue weighted by molar-refractivity contribution is 7.80. The van der Waals surface area contributed by atoms with Crippen molar-refractivity contribution in [2.24, 2.45) is 5.10 Å². The molecule has 0 saturated carbocycles. The predicted molar refractivity (Wildman–Crippen MR) is 86.2 cm³/mol. The monoisotopic (exact) mass is 317 g/mol. The summed E-state index contributed by atoms with van der Waals surface area (Å²) in [6, 6.07) is 9.47. The largest absolute Gasteiger partial charge is 0.460 e. The van der Waals surface area contributed by atoms with Crippen LogP contribution in [-0.4, -0.2) is 18.1 Å². The first-order valence-corrected chi connectivity index (χ1v) is 7.13. The van der Waals surface area contributed by atoms with Crippen LogP contribution in [0.5, 0.6) is 11.5 Å². The van der Waals surface area contributed by atoms with Crippen LogP contribution >= 0.6 is 12.2 Å². The van der Waals surface area contributed by atoms with E-state index >= 15 is 0 Å². The van der Waals surface area contributed by atoms with Gasteiger partial charge in [0.15, 0.2) is 16.6 Å². The van der Waals surface area contributed by atoms with Crippen LogP contribution in [-0.2, 0) is 6.54 Å². The number of nitrogens with zero attached hydrogens (tertiary/aromatic N) is 1. The van der Waals surface area contributed by atoms with Crippen molar-refractivity contribution in [3.63, 3.8) is 0 Å². The van der Waals surface area contributed by atoms with E-state index in [1.165, 1.54) is 0 Å². The summed E-state index contributed by atoms with van der Waals surface area (Å²) in [5.74, 6) is 3.03. The zero-order chi connectivity index (χ0) is 15.4. The van der Waals surface area contributed by atoms with Crippen LogP contribution in [0.1, 0.15) is 17.1 Å². The Morgan fingerprint density at radius 1 is 1.27 bits per heavy atom. The van der Waals surface area contributed by atoms with Gasteiger partial charge in [0.25, 0.3) is 0 Å². The molecule has 1 aromatic heterocycles. The number of hydrazone groups is 1. The maximum Gasteiger partial charge on any atom is 0.231 e. The molecule has 0 atom stereocenters. The topological polar surface area (TPSA) is 68.0 Å². The lowest BCUT2D eigenvalue weighted by Crippen LogP contribution is -2.31. The number of rotatable bonds is 4. The molecule has 0 aliphatic carbocycles. The van der Waals surface area contributed by atoms with Crippen LogP contribution in [0.2, 0.25) is 0 Å². The quantitative estimate of drug-likeness (QED) is 0.512. The van der Waals surface area contributed by atoms with Gasteiger partial charge in [-0.1, -0.05) is 6.07 Å². The summed E-state index contributed by atoms with van der Waals surface area (Å²) in [6.45, 7) is 2.72. The molecule has 0 saturated heterocycles. The van der Waals surface area contributed by atoms with E-state index in [0.29, 0.717) is 17.4 Å². The Kier molecular flexibility index (Phi) is 4.24. The van der Waals surface area contributed by atoms with Gasteiger partial charge >= 0.3 is 0 Å². The van der Waals surface area contributed by atoms with Gasteiger partial charge in [0.05, 0.1) is 6.21 Å². The van der Waals surface area contributed by atoms with Crippen molar-refractivity contribution < 1.29 is 13.9 Å². The average molecular weight is 317 g/mol. The Bertz CT molecular complexity index is 712. The Morgan fingerprint density at radius 3 is 2.95 bits per heavy atom. The van der Waals surface area contributed by atoms with E-state index in [1.807, 2.05) is 37.3 Å². The predicted octanol–water partition coefficient (Wildman–Crippen LogP) is 2.31. The third kappa shape index (κ3) is 3.56. The Hall–Kier alpha value is -2.54. The Labute approximate surface area is 133 Å². The summed E-state index contributed by atoms with van der Waals surface area (Å²) in [6.07, 6.45) is 1.57. The Morgan fingerprint density at radius 2 is 2.14 bits per heavy atom. The zero-order valence-electron chi connectivity index (χ0n) is 12.0. The molecule has 6 nitrogen and oxygen atoms in total. The number of ether oxygens (including phenoxy) is 2. The van der Waals surface area contributed by atoms with Crippen molar-refractivity contribution in [3.05, 3.63) is 47.4 Å². The third-order valence-electron chi connectivity index (χ3n) is 3.01. The van der Waals surface area contributed by atoms with Crippen LogP contribution in [0.15, 0.2) is 39.9 Å². The number of furan rings is 1. The number of aryl methyl sites for hydroxylation is 1. The SMILES string of the molecule is Cc1ccc(/C=N\NC(=S)NCc2ccc3c(c2)OCO3)o1. The van der Waals surface area contributed by atoms with E-state index in [1.54, 1.807) is 6.21 Å². The molecule has 2 N–H and O–H groups in total. The van der Waals surface area contributed by atoms with Crippen LogP contribution in [0.25, 0.3) is 0 Å². The normalized spacial score (nSPS) is 12.6. The van der Waals surface area contributed by atoms with Gasteiger partial charge in [-0.2, -0.15) is 5.10 Å². The molecule has 0 bridgehead atoms. The van der Waals surface area contributed by atoms with Crippen molar-refractivity contribution >= 4 is 23.5 Å². The highest BCUT2D eigenvalue weighted by Crippen LogP contribution is 2.32. The minimum absolute atomic E-state index is 0.271. The van der Waals surface area contributed by atoms with Crippen molar-refractivity contribution in [2.75, 3.05) is 6.79 Å². The second-order valence-electron chi connectivity index (χ2n) is 4.69. The van der Waals surface area contributed by atoms with Gasteiger partial charge in [0.1, 0.15) is 11.5 Å². The molecular formula is C15H15N3O3S. The summed E-state index contributed by atoms with van der Waals surface area (Å²) in [5.41, 5.74) is 3.78. The molecule has 2 aromatic rings. The zero-order valence-corrected chi connectivity index (χ0v) is 12.8. The van der Waals surface area contributed by atoms with E-state index < -0.39 is 0 Å². The molecule has 22 heavy (non-hydrogen) atoms. The fourth-order valence-electron chi connectivity index (χ4n) is 1.95. The first-order chi connectivity index (χ1) is 10.7. The third-order valence-corrected chi connectivity index (χ3v) is 3.24. The van der Waals surface area contributed by atoms with Crippen molar-refractivity contribution in [2.45, 2.75) is 13.5 Å². The average Bonchev–Trinajstić information content (AvgIpc) is 3.13. The maximum absolute atomic E-state index is 5.36. The molecule has 3 rings (SSSR count). The van der Waals surface area contributed by atoms with Crippen molar-refractivity contribution in [3.8, 4) is 11.5 Å². The van der Waals surface area contributed by atoms with Gasteiger partial charge in [0, 0.05) is 6.54 Å².